The molecular weight excluding hydrogens is 384 g/mol. The second kappa shape index (κ2) is 7.55. The predicted molar refractivity (Wildman–Crippen MR) is 115 cm³/mol. The predicted octanol–water partition coefficient (Wildman–Crippen LogP) is 4.14. The number of para-hydroxylation sites is 2. The summed E-state index contributed by atoms with van der Waals surface area (Å²) in [7, 11) is 1.64. The molecule has 0 radical (unpaired) electrons. The van der Waals surface area contributed by atoms with Crippen LogP contribution in [0, 0.1) is 0 Å². The molecule has 2 aromatic carbocycles. The van der Waals surface area contributed by atoms with Crippen LogP contribution in [-0.4, -0.2) is 31.5 Å². The first-order valence-corrected chi connectivity index (χ1v) is 10.8. The topological polar surface area (TPSA) is 61.4 Å². The normalized spacial score (nSPS) is 14.8. The molecule has 0 unspecified atom stereocenters. The van der Waals surface area contributed by atoms with Crippen LogP contribution in [0.15, 0.2) is 58.5 Å². The maximum Gasteiger partial charge on any atom is 0.263 e. The van der Waals surface area contributed by atoms with Crippen molar-refractivity contribution in [2.24, 2.45) is 0 Å². The van der Waals surface area contributed by atoms with E-state index in [9.17, 15) is 4.79 Å². The van der Waals surface area contributed by atoms with E-state index in [4.69, 9.17) is 4.74 Å². The molecule has 29 heavy (non-hydrogen) atoms. The minimum atomic E-state index is -0.0659. The third-order valence-electron chi connectivity index (χ3n) is 5.57. The third-order valence-corrected chi connectivity index (χ3v) is 6.85. The fraction of sp³-hybridized carbons (Fsp3) is 0.318. The Morgan fingerprint density at radius 2 is 1.83 bits per heavy atom. The van der Waals surface area contributed by atoms with Gasteiger partial charge in [0.1, 0.15) is 5.75 Å². The molecule has 1 aliphatic rings. The summed E-state index contributed by atoms with van der Waals surface area (Å²) >= 11 is 1.78. The second-order valence-corrected chi connectivity index (χ2v) is 8.63. The first-order valence-electron chi connectivity index (χ1n) is 9.91. The molecule has 4 aromatic rings. The molecule has 0 amide bonds. The van der Waals surface area contributed by atoms with Crippen LogP contribution in [0.5, 0.6) is 5.75 Å². The molecule has 6 nitrogen and oxygen atoms in total. The van der Waals surface area contributed by atoms with Crippen LogP contribution in [0.1, 0.15) is 31.2 Å². The number of methoxy groups -OCH3 is 1. The summed E-state index contributed by atoms with van der Waals surface area (Å²) in [5.41, 5.74) is 1.72. The number of hydrogen-bond donors (Lipinski definition) is 0. The van der Waals surface area contributed by atoms with Crippen molar-refractivity contribution < 1.29 is 4.74 Å². The third kappa shape index (κ3) is 3.19. The summed E-state index contributed by atoms with van der Waals surface area (Å²) in [5.74, 6) is 1.32. The van der Waals surface area contributed by atoms with Crippen LogP contribution >= 0.6 is 11.8 Å². The molecule has 0 atom stereocenters. The summed E-state index contributed by atoms with van der Waals surface area (Å²) in [6, 6.07) is 15.5. The van der Waals surface area contributed by atoms with Crippen molar-refractivity contribution in [1.82, 2.24) is 19.2 Å². The standard InChI is InChI=1S/C22H22N4O2S/c1-28-19-13-7-2-8-15(19)14-25-20(27)17-11-5-6-12-18(17)26-21(25)23-24-22(26)29-16-9-3-4-10-16/h2,5-8,11-13,16H,3-4,9-10,14H2,1H3. The number of rotatable bonds is 5. The van der Waals surface area contributed by atoms with E-state index in [0.717, 1.165) is 22.0 Å². The van der Waals surface area contributed by atoms with Crippen molar-refractivity contribution in [2.45, 2.75) is 42.6 Å². The van der Waals surface area contributed by atoms with Gasteiger partial charge in [0.15, 0.2) is 5.16 Å². The van der Waals surface area contributed by atoms with E-state index < -0.39 is 0 Å². The smallest absolute Gasteiger partial charge is 0.263 e. The zero-order chi connectivity index (χ0) is 19.8. The van der Waals surface area contributed by atoms with E-state index >= 15 is 0 Å². The van der Waals surface area contributed by atoms with E-state index in [1.807, 2.05) is 52.9 Å². The number of hydrogen-bond acceptors (Lipinski definition) is 5. The van der Waals surface area contributed by atoms with Crippen molar-refractivity contribution >= 4 is 28.4 Å². The summed E-state index contributed by atoms with van der Waals surface area (Å²) in [5, 5.41) is 11.0. The maximum absolute atomic E-state index is 13.3. The molecule has 0 N–H and O–H groups in total. The summed E-state index contributed by atoms with van der Waals surface area (Å²) in [6.07, 6.45) is 4.96. The second-order valence-electron chi connectivity index (χ2n) is 7.36. The molecule has 1 aliphatic carbocycles. The molecule has 148 valence electrons. The molecule has 0 aliphatic heterocycles. The lowest BCUT2D eigenvalue weighted by Crippen LogP contribution is -2.24. The van der Waals surface area contributed by atoms with E-state index in [0.29, 0.717) is 23.0 Å². The van der Waals surface area contributed by atoms with Gasteiger partial charge in [-0.05, 0) is 31.0 Å². The Balaban J connectivity index is 1.71. The zero-order valence-electron chi connectivity index (χ0n) is 16.2. The largest absolute Gasteiger partial charge is 0.496 e. The Hall–Kier alpha value is -2.80. The summed E-state index contributed by atoms with van der Waals surface area (Å²) in [4.78, 5) is 13.3. The molecule has 7 heteroatoms. The lowest BCUT2D eigenvalue weighted by molar-refractivity contribution is 0.408. The van der Waals surface area contributed by atoms with Gasteiger partial charge in [-0.15, -0.1) is 10.2 Å². The average Bonchev–Trinajstić information content (AvgIpc) is 3.42. The highest BCUT2D eigenvalue weighted by Crippen LogP contribution is 2.34. The molecule has 1 saturated carbocycles. The van der Waals surface area contributed by atoms with Gasteiger partial charge in [-0.2, -0.15) is 0 Å². The number of thioether (sulfide) groups is 1. The van der Waals surface area contributed by atoms with Gasteiger partial charge in [-0.25, -0.2) is 0 Å². The molecule has 2 aromatic heterocycles. The number of ether oxygens (including phenoxy) is 1. The molecule has 2 heterocycles. The first-order chi connectivity index (χ1) is 14.3. The number of nitrogens with zero attached hydrogens (tertiary/aromatic N) is 4. The minimum absolute atomic E-state index is 0.0659. The van der Waals surface area contributed by atoms with Crippen molar-refractivity contribution in [1.29, 1.82) is 0 Å². The van der Waals surface area contributed by atoms with Crippen molar-refractivity contribution in [2.75, 3.05) is 7.11 Å². The Kier molecular flexibility index (Phi) is 4.75. The van der Waals surface area contributed by atoms with Crippen molar-refractivity contribution in [3.63, 3.8) is 0 Å². The van der Waals surface area contributed by atoms with Gasteiger partial charge >= 0.3 is 0 Å². The average molecular weight is 407 g/mol. The van der Waals surface area contributed by atoms with Gasteiger partial charge < -0.3 is 4.74 Å². The summed E-state index contributed by atoms with van der Waals surface area (Å²) in [6.45, 7) is 0.378. The van der Waals surface area contributed by atoms with Gasteiger partial charge in [0, 0.05) is 10.8 Å². The van der Waals surface area contributed by atoms with E-state index in [2.05, 4.69) is 10.2 Å². The van der Waals surface area contributed by atoms with Gasteiger partial charge in [0.05, 0.1) is 24.6 Å². The molecule has 0 saturated heterocycles. The van der Waals surface area contributed by atoms with Gasteiger partial charge in [0.2, 0.25) is 5.78 Å². The molecule has 0 spiro atoms. The van der Waals surface area contributed by atoms with E-state index in [1.165, 1.54) is 25.7 Å². The lowest BCUT2D eigenvalue weighted by atomic mass is 10.2. The van der Waals surface area contributed by atoms with Crippen LogP contribution in [0.2, 0.25) is 0 Å². The number of benzene rings is 2. The Morgan fingerprint density at radius 1 is 1.07 bits per heavy atom. The lowest BCUT2D eigenvalue weighted by Gasteiger charge is -2.14. The van der Waals surface area contributed by atoms with E-state index in [-0.39, 0.29) is 5.56 Å². The molecule has 1 fully saturated rings. The monoisotopic (exact) mass is 406 g/mol. The van der Waals surface area contributed by atoms with Crippen LogP contribution in [0.25, 0.3) is 16.7 Å². The van der Waals surface area contributed by atoms with Gasteiger partial charge in [0.25, 0.3) is 5.56 Å². The fourth-order valence-electron chi connectivity index (χ4n) is 4.11. The molecular formula is C22H22N4O2S. The highest BCUT2D eigenvalue weighted by molar-refractivity contribution is 7.99. The quantitative estimate of drug-likeness (QED) is 0.499. The first kappa shape index (κ1) is 18.2. The van der Waals surface area contributed by atoms with Gasteiger partial charge in [-0.3, -0.25) is 13.8 Å². The Bertz CT molecular complexity index is 1240. The van der Waals surface area contributed by atoms with E-state index in [1.54, 1.807) is 23.4 Å². The Morgan fingerprint density at radius 3 is 2.66 bits per heavy atom. The van der Waals surface area contributed by atoms with Crippen LogP contribution in [0.4, 0.5) is 0 Å². The van der Waals surface area contributed by atoms with Crippen molar-refractivity contribution in [3.8, 4) is 5.75 Å². The van der Waals surface area contributed by atoms with Crippen LogP contribution in [-0.2, 0) is 6.54 Å². The maximum atomic E-state index is 13.3. The van der Waals surface area contributed by atoms with Crippen LogP contribution in [0.3, 0.4) is 0 Å². The minimum Gasteiger partial charge on any atom is -0.496 e. The molecule has 0 bridgehead atoms. The molecule has 5 rings (SSSR count). The zero-order valence-corrected chi connectivity index (χ0v) is 17.1. The van der Waals surface area contributed by atoms with Crippen LogP contribution < -0.4 is 10.3 Å². The van der Waals surface area contributed by atoms with Crippen molar-refractivity contribution in [3.05, 3.63) is 64.4 Å². The fourth-order valence-corrected chi connectivity index (χ4v) is 5.35. The van der Waals surface area contributed by atoms with Gasteiger partial charge in [-0.1, -0.05) is 54.9 Å². The highest BCUT2D eigenvalue weighted by atomic mass is 32.2. The highest BCUT2D eigenvalue weighted by Gasteiger charge is 2.22. The number of aromatic nitrogens is 4. The summed E-state index contributed by atoms with van der Waals surface area (Å²) < 4.78 is 9.23. The Labute approximate surface area is 172 Å². The SMILES string of the molecule is COc1ccccc1Cn1c(=O)c2ccccc2n2c(SC3CCCC3)nnc12. The number of fused-ring (bicyclic) bond motifs is 3.